The number of carboxylic acids is 1. The monoisotopic (exact) mass is 294 g/mol. The van der Waals surface area contributed by atoms with Crippen LogP contribution in [-0.4, -0.2) is 48.3 Å². The highest BCUT2D eigenvalue weighted by Gasteiger charge is 2.19. The van der Waals surface area contributed by atoms with Crippen LogP contribution in [-0.2, 0) is 4.74 Å². The summed E-state index contributed by atoms with van der Waals surface area (Å²) in [7, 11) is 1.59. The molecule has 0 spiro atoms. The molecule has 2 amide bonds. The summed E-state index contributed by atoms with van der Waals surface area (Å²) in [5, 5.41) is 11.8. The van der Waals surface area contributed by atoms with Crippen molar-refractivity contribution in [2.24, 2.45) is 0 Å². The lowest BCUT2D eigenvalue weighted by atomic mass is 10.1. The molecule has 0 fully saturated rings. The molecule has 1 unspecified atom stereocenters. The van der Waals surface area contributed by atoms with Gasteiger partial charge in [-0.25, -0.2) is 9.59 Å². The second-order valence-electron chi connectivity index (χ2n) is 4.86. The van der Waals surface area contributed by atoms with E-state index in [9.17, 15) is 9.59 Å². The van der Waals surface area contributed by atoms with Crippen molar-refractivity contribution in [2.45, 2.75) is 26.8 Å². The van der Waals surface area contributed by atoms with Gasteiger partial charge in [-0.2, -0.15) is 0 Å². The number of carbonyl (C=O) groups is 2. The van der Waals surface area contributed by atoms with Crippen LogP contribution in [0.25, 0.3) is 0 Å². The van der Waals surface area contributed by atoms with Crippen LogP contribution in [0, 0.1) is 6.92 Å². The topological polar surface area (TPSA) is 78.9 Å². The van der Waals surface area contributed by atoms with Crippen LogP contribution in [0.3, 0.4) is 0 Å². The number of ether oxygens (including phenoxy) is 1. The number of amides is 2. The molecule has 0 aliphatic rings. The Morgan fingerprint density at radius 2 is 2.10 bits per heavy atom. The Labute approximate surface area is 124 Å². The maximum absolute atomic E-state index is 12.3. The number of nitrogens with one attached hydrogen (secondary N) is 1. The molecule has 116 valence electrons. The van der Waals surface area contributed by atoms with Gasteiger partial charge in [-0.15, -0.1) is 0 Å². The second-order valence-corrected chi connectivity index (χ2v) is 4.86. The number of likely N-dealkylation sites (N-methyl/N-ethyl adjacent to an activating group) is 1. The summed E-state index contributed by atoms with van der Waals surface area (Å²) in [5.74, 6) is -1.02. The minimum Gasteiger partial charge on any atom is -0.478 e. The molecule has 0 bridgehead atoms. The van der Waals surface area contributed by atoms with Gasteiger partial charge in [0, 0.05) is 19.3 Å². The summed E-state index contributed by atoms with van der Waals surface area (Å²) < 4.78 is 5.06. The predicted octanol–water partition coefficient (Wildman–Crippen LogP) is 2.58. The molecule has 0 aliphatic carbocycles. The summed E-state index contributed by atoms with van der Waals surface area (Å²) in [6.45, 7) is 6.57. The van der Waals surface area contributed by atoms with Crippen LogP contribution < -0.4 is 5.32 Å². The first kappa shape index (κ1) is 17.0. The zero-order valence-corrected chi connectivity index (χ0v) is 12.8. The van der Waals surface area contributed by atoms with Crippen molar-refractivity contribution >= 4 is 17.7 Å². The number of anilines is 1. The number of aromatic carboxylic acids is 1. The molecule has 1 aromatic rings. The van der Waals surface area contributed by atoms with E-state index in [4.69, 9.17) is 9.84 Å². The Morgan fingerprint density at radius 3 is 2.62 bits per heavy atom. The SMILES string of the molecule is CCN(C(=O)Nc1cc(C(=O)O)ccc1C)C(C)COC. The number of hydrogen-bond donors (Lipinski definition) is 2. The highest BCUT2D eigenvalue weighted by molar-refractivity contribution is 5.94. The van der Waals surface area contributed by atoms with Crippen LogP contribution >= 0.6 is 0 Å². The number of methoxy groups -OCH3 is 1. The van der Waals surface area contributed by atoms with Crippen molar-refractivity contribution < 1.29 is 19.4 Å². The summed E-state index contributed by atoms with van der Waals surface area (Å²) in [6.07, 6.45) is 0. The molecule has 2 N–H and O–H groups in total. The van der Waals surface area contributed by atoms with E-state index in [1.165, 1.54) is 12.1 Å². The van der Waals surface area contributed by atoms with Crippen molar-refractivity contribution in [3.63, 3.8) is 0 Å². The maximum Gasteiger partial charge on any atom is 0.335 e. The average Bonchev–Trinajstić information content (AvgIpc) is 2.42. The Hall–Kier alpha value is -2.08. The smallest absolute Gasteiger partial charge is 0.335 e. The zero-order chi connectivity index (χ0) is 16.0. The van der Waals surface area contributed by atoms with E-state index in [2.05, 4.69) is 5.32 Å². The number of nitrogens with zero attached hydrogens (tertiary/aromatic N) is 1. The van der Waals surface area contributed by atoms with Gasteiger partial charge in [-0.3, -0.25) is 0 Å². The van der Waals surface area contributed by atoms with E-state index >= 15 is 0 Å². The Bertz CT molecular complexity index is 516. The van der Waals surface area contributed by atoms with E-state index in [0.717, 1.165) is 5.56 Å². The zero-order valence-electron chi connectivity index (χ0n) is 12.8. The van der Waals surface area contributed by atoms with Crippen molar-refractivity contribution in [2.75, 3.05) is 25.6 Å². The Balaban J connectivity index is 2.91. The normalized spacial score (nSPS) is 11.8. The van der Waals surface area contributed by atoms with Crippen LogP contribution in [0.15, 0.2) is 18.2 Å². The number of carbonyl (C=O) groups excluding carboxylic acids is 1. The van der Waals surface area contributed by atoms with Gasteiger partial charge >= 0.3 is 12.0 Å². The number of hydrogen-bond acceptors (Lipinski definition) is 3. The first-order chi connectivity index (χ1) is 9.90. The van der Waals surface area contributed by atoms with Crippen molar-refractivity contribution in [3.05, 3.63) is 29.3 Å². The molecule has 1 atom stereocenters. The predicted molar refractivity (Wildman–Crippen MR) is 80.9 cm³/mol. The molecule has 1 aromatic carbocycles. The third-order valence-electron chi connectivity index (χ3n) is 3.27. The van der Waals surface area contributed by atoms with Gasteiger partial charge in [0.25, 0.3) is 0 Å². The first-order valence-electron chi connectivity index (χ1n) is 6.81. The van der Waals surface area contributed by atoms with Gasteiger partial charge in [0.15, 0.2) is 0 Å². The highest BCUT2D eigenvalue weighted by Crippen LogP contribution is 2.18. The number of carboxylic acid groups (broad SMARTS) is 1. The van der Waals surface area contributed by atoms with Crippen LogP contribution in [0.5, 0.6) is 0 Å². The fraction of sp³-hybridized carbons (Fsp3) is 0.467. The molecular weight excluding hydrogens is 272 g/mol. The van der Waals surface area contributed by atoms with Gasteiger partial charge in [0.2, 0.25) is 0 Å². The van der Waals surface area contributed by atoms with E-state index < -0.39 is 5.97 Å². The minimum atomic E-state index is -1.02. The van der Waals surface area contributed by atoms with Crippen molar-refractivity contribution in [1.82, 2.24) is 4.90 Å². The quantitative estimate of drug-likeness (QED) is 0.845. The van der Waals surface area contributed by atoms with Crippen LogP contribution in [0.1, 0.15) is 29.8 Å². The summed E-state index contributed by atoms with van der Waals surface area (Å²) >= 11 is 0. The van der Waals surface area contributed by atoms with E-state index in [1.807, 2.05) is 20.8 Å². The summed E-state index contributed by atoms with van der Waals surface area (Å²) in [4.78, 5) is 24.9. The fourth-order valence-corrected chi connectivity index (χ4v) is 2.06. The van der Waals surface area contributed by atoms with Crippen molar-refractivity contribution in [3.8, 4) is 0 Å². The maximum atomic E-state index is 12.3. The molecule has 1 rings (SSSR count). The van der Waals surface area contributed by atoms with E-state index in [0.29, 0.717) is 18.8 Å². The average molecular weight is 294 g/mol. The number of rotatable bonds is 6. The summed E-state index contributed by atoms with van der Waals surface area (Å²) in [6, 6.07) is 4.31. The fourth-order valence-electron chi connectivity index (χ4n) is 2.06. The Morgan fingerprint density at radius 1 is 1.43 bits per heavy atom. The van der Waals surface area contributed by atoms with Gasteiger partial charge in [-0.05, 0) is 38.5 Å². The molecule has 6 nitrogen and oxygen atoms in total. The third-order valence-corrected chi connectivity index (χ3v) is 3.27. The first-order valence-corrected chi connectivity index (χ1v) is 6.81. The number of benzene rings is 1. The van der Waals surface area contributed by atoms with Gasteiger partial charge < -0.3 is 20.1 Å². The molecule has 6 heteroatoms. The lowest BCUT2D eigenvalue weighted by molar-refractivity contribution is 0.0697. The molecule has 21 heavy (non-hydrogen) atoms. The van der Waals surface area contributed by atoms with Crippen molar-refractivity contribution in [1.29, 1.82) is 0 Å². The molecule has 0 aliphatic heterocycles. The van der Waals surface area contributed by atoms with Gasteiger partial charge in [0.05, 0.1) is 18.2 Å². The second kappa shape index (κ2) is 7.64. The van der Waals surface area contributed by atoms with Crippen LogP contribution in [0.2, 0.25) is 0 Å². The molecule has 0 saturated heterocycles. The molecular formula is C15H22N2O4. The molecule has 0 aromatic heterocycles. The third kappa shape index (κ3) is 4.46. The molecule has 0 heterocycles. The highest BCUT2D eigenvalue weighted by atomic mass is 16.5. The lowest BCUT2D eigenvalue weighted by Gasteiger charge is -2.28. The number of urea groups is 1. The lowest BCUT2D eigenvalue weighted by Crippen LogP contribution is -2.43. The number of aryl methyl sites for hydroxylation is 1. The molecule has 0 radical (unpaired) electrons. The largest absolute Gasteiger partial charge is 0.478 e. The molecule has 0 saturated carbocycles. The van der Waals surface area contributed by atoms with E-state index in [-0.39, 0.29) is 17.6 Å². The summed E-state index contributed by atoms with van der Waals surface area (Å²) in [5.41, 5.74) is 1.45. The minimum absolute atomic E-state index is 0.0667. The van der Waals surface area contributed by atoms with Gasteiger partial charge in [-0.1, -0.05) is 6.07 Å². The van der Waals surface area contributed by atoms with Crippen LogP contribution in [0.4, 0.5) is 10.5 Å². The van der Waals surface area contributed by atoms with E-state index in [1.54, 1.807) is 18.1 Å². The Kier molecular flexibility index (Phi) is 6.17. The standard InChI is InChI=1S/C15H22N2O4/c1-5-17(11(3)9-21-4)15(20)16-13-8-12(14(18)19)7-6-10(13)2/h6-8,11H,5,9H2,1-4H3,(H,16,20)(H,18,19). The van der Waals surface area contributed by atoms with Gasteiger partial charge in [0.1, 0.15) is 0 Å².